The lowest BCUT2D eigenvalue weighted by molar-refractivity contribution is 0.0526. The molecular formula is C11H13ClO3. The zero-order chi connectivity index (χ0) is 11.1. The first kappa shape index (κ1) is 11.9. The molecule has 0 aliphatic carbocycles. The van der Waals surface area contributed by atoms with Crippen LogP contribution in [0.15, 0.2) is 24.3 Å². The zero-order valence-corrected chi connectivity index (χ0v) is 9.29. The quantitative estimate of drug-likeness (QED) is 0.574. The van der Waals surface area contributed by atoms with Gasteiger partial charge < -0.3 is 9.47 Å². The van der Waals surface area contributed by atoms with Gasteiger partial charge in [0.2, 0.25) is 0 Å². The first-order valence-electron chi connectivity index (χ1n) is 4.74. The van der Waals surface area contributed by atoms with Crippen LogP contribution in [0.2, 0.25) is 0 Å². The number of hydrogen-bond donors (Lipinski definition) is 0. The lowest BCUT2D eigenvalue weighted by atomic mass is 10.2. The van der Waals surface area contributed by atoms with Gasteiger partial charge in [0.05, 0.1) is 18.1 Å². The van der Waals surface area contributed by atoms with Crippen molar-refractivity contribution in [2.75, 3.05) is 19.1 Å². The average molecular weight is 229 g/mol. The molecule has 0 bridgehead atoms. The molecule has 0 fully saturated rings. The second-order valence-electron chi connectivity index (χ2n) is 2.78. The molecule has 1 aromatic carbocycles. The van der Waals surface area contributed by atoms with Crippen LogP contribution in [0.1, 0.15) is 17.3 Å². The van der Waals surface area contributed by atoms with Gasteiger partial charge in [-0.15, -0.1) is 11.6 Å². The summed E-state index contributed by atoms with van der Waals surface area (Å²) < 4.78 is 10.1. The van der Waals surface area contributed by atoms with E-state index in [4.69, 9.17) is 21.1 Å². The van der Waals surface area contributed by atoms with Crippen LogP contribution >= 0.6 is 11.6 Å². The summed E-state index contributed by atoms with van der Waals surface area (Å²) in [5.41, 5.74) is 0.523. The van der Waals surface area contributed by atoms with Gasteiger partial charge in [-0.1, -0.05) is 0 Å². The third-order valence-corrected chi connectivity index (χ3v) is 1.87. The Balaban J connectivity index is 2.59. The molecule has 15 heavy (non-hydrogen) atoms. The number of carbonyl (C=O) groups excluding carboxylic acids is 1. The topological polar surface area (TPSA) is 35.5 Å². The van der Waals surface area contributed by atoms with Gasteiger partial charge in [-0.05, 0) is 31.2 Å². The summed E-state index contributed by atoms with van der Waals surface area (Å²) >= 11 is 5.48. The first-order chi connectivity index (χ1) is 7.27. The van der Waals surface area contributed by atoms with Crippen molar-refractivity contribution in [1.29, 1.82) is 0 Å². The van der Waals surface area contributed by atoms with Gasteiger partial charge in [-0.25, -0.2) is 4.79 Å². The standard InChI is InChI=1S/C11H13ClO3/c1-2-14-11(13)9-3-5-10(6-4-9)15-8-7-12/h3-6H,2,7-8H2,1H3. The summed E-state index contributed by atoms with van der Waals surface area (Å²) in [5.74, 6) is 0.824. The number of hydrogen-bond acceptors (Lipinski definition) is 3. The number of alkyl halides is 1. The van der Waals surface area contributed by atoms with Crippen molar-refractivity contribution >= 4 is 17.6 Å². The predicted octanol–water partition coefficient (Wildman–Crippen LogP) is 2.48. The van der Waals surface area contributed by atoms with Crippen molar-refractivity contribution < 1.29 is 14.3 Å². The van der Waals surface area contributed by atoms with Crippen LogP contribution in [0, 0.1) is 0 Å². The van der Waals surface area contributed by atoms with Crippen molar-refractivity contribution in [1.82, 2.24) is 0 Å². The highest BCUT2D eigenvalue weighted by Crippen LogP contribution is 2.12. The Morgan fingerprint density at radius 2 is 2.00 bits per heavy atom. The Bertz CT molecular complexity index is 308. The van der Waals surface area contributed by atoms with E-state index in [-0.39, 0.29) is 5.97 Å². The Morgan fingerprint density at radius 1 is 1.33 bits per heavy atom. The highest BCUT2D eigenvalue weighted by Gasteiger charge is 2.05. The van der Waals surface area contributed by atoms with E-state index in [2.05, 4.69) is 0 Å². The molecule has 0 N–H and O–H groups in total. The molecule has 0 amide bonds. The second-order valence-corrected chi connectivity index (χ2v) is 3.16. The molecule has 0 heterocycles. The summed E-state index contributed by atoms with van der Waals surface area (Å²) in [7, 11) is 0. The number of halogens is 1. The highest BCUT2D eigenvalue weighted by atomic mass is 35.5. The highest BCUT2D eigenvalue weighted by molar-refractivity contribution is 6.18. The molecule has 0 saturated carbocycles. The largest absolute Gasteiger partial charge is 0.492 e. The SMILES string of the molecule is CCOC(=O)c1ccc(OCCCl)cc1. The summed E-state index contributed by atoms with van der Waals surface area (Å²) in [5, 5.41) is 0. The number of ether oxygens (including phenoxy) is 2. The molecule has 0 unspecified atom stereocenters. The molecule has 1 aromatic rings. The van der Waals surface area contributed by atoms with Gasteiger partial charge in [-0.3, -0.25) is 0 Å². The molecule has 0 aromatic heterocycles. The third-order valence-electron chi connectivity index (χ3n) is 1.71. The van der Waals surface area contributed by atoms with Crippen LogP contribution in [-0.4, -0.2) is 25.1 Å². The summed E-state index contributed by atoms with van der Waals surface area (Å²) in [6, 6.07) is 6.78. The van der Waals surface area contributed by atoms with Gasteiger partial charge in [-0.2, -0.15) is 0 Å². The van der Waals surface area contributed by atoms with E-state index in [0.29, 0.717) is 30.4 Å². The van der Waals surface area contributed by atoms with Gasteiger partial charge >= 0.3 is 5.97 Å². The lowest BCUT2D eigenvalue weighted by Gasteiger charge is -2.05. The minimum absolute atomic E-state index is 0.318. The smallest absolute Gasteiger partial charge is 0.338 e. The fraction of sp³-hybridized carbons (Fsp3) is 0.364. The van der Waals surface area contributed by atoms with E-state index in [9.17, 15) is 4.79 Å². The van der Waals surface area contributed by atoms with Crippen LogP contribution < -0.4 is 4.74 Å². The Labute approximate surface area is 93.9 Å². The molecule has 1 rings (SSSR count). The molecule has 0 aliphatic heterocycles. The second kappa shape index (κ2) is 6.30. The minimum atomic E-state index is -0.318. The molecular weight excluding hydrogens is 216 g/mol. The summed E-state index contributed by atoms with van der Waals surface area (Å²) in [4.78, 5) is 11.3. The number of benzene rings is 1. The van der Waals surface area contributed by atoms with E-state index < -0.39 is 0 Å². The molecule has 0 atom stereocenters. The van der Waals surface area contributed by atoms with Gasteiger partial charge in [0.25, 0.3) is 0 Å². The van der Waals surface area contributed by atoms with Crippen LogP contribution in [0.25, 0.3) is 0 Å². The maximum absolute atomic E-state index is 11.3. The number of rotatable bonds is 5. The monoisotopic (exact) mass is 228 g/mol. The van der Waals surface area contributed by atoms with E-state index in [1.807, 2.05) is 0 Å². The van der Waals surface area contributed by atoms with Gasteiger partial charge in [0.1, 0.15) is 12.4 Å². The van der Waals surface area contributed by atoms with E-state index in [0.717, 1.165) is 0 Å². The van der Waals surface area contributed by atoms with Crippen LogP contribution in [0.3, 0.4) is 0 Å². The third kappa shape index (κ3) is 3.80. The molecule has 0 aliphatic rings. The molecule has 0 spiro atoms. The molecule has 3 nitrogen and oxygen atoms in total. The molecule has 82 valence electrons. The van der Waals surface area contributed by atoms with Crippen molar-refractivity contribution in [3.8, 4) is 5.75 Å². The van der Waals surface area contributed by atoms with Crippen LogP contribution in [0.5, 0.6) is 5.75 Å². The lowest BCUT2D eigenvalue weighted by Crippen LogP contribution is -2.04. The maximum atomic E-state index is 11.3. The van der Waals surface area contributed by atoms with Gasteiger partial charge in [0, 0.05) is 0 Å². The predicted molar refractivity (Wildman–Crippen MR) is 58.6 cm³/mol. The van der Waals surface area contributed by atoms with E-state index in [1.54, 1.807) is 31.2 Å². The maximum Gasteiger partial charge on any atom is 0.338 e. The fourth-order valence-electron chi connectivity index (χ4n) is 1.06. The number of esters is 1. The average Bonchev–Trinajstić information content (AvgIpc) is 2.27. The van der Waals surface area contributed by atoms with Crippen molar-refractivity contribution in [3.05, 3.63) is 29.8 Å². The summed E-state index contributed by atoms with van der Waals surface area (Å²) in [6.07, 6.45) is 0. The molecule has 4 heteroatoms. The normalized spacial score (nSPS) is 9.73. The Morgan fingerprint density at radius 3 is 2.53 bits per heavy atom. The van der Waals surface area contributed by atoms with Crippen LogP contribution in [0.4, 0.5) is 0 Å². The van der Waals surface area contributed by atoms with E-state index >= 15 is 0 Å². The first-order valence-corrected chi connectivity index (χ1v) is 5.27. The fourth-order valence-corrected chi connectivity index (χ4v) is 1.14. The van der Waals surface area contributed by atoms with Crippen molar-refractivity contribution in [3.63, 3.8) is 0 Å². The molecule has 0 saturated heterocycles. The Hall–Kier alpha value is -1.22. The number of carbonyl (C=O) groups is 1. The van der Waals surface area contributed by atoms with Crippen molar-refractivity contribution in [2.45, 2.75) is 6.92 Å². The van der Waals surface area contributed by atoms with E-state index in [1.165, 1.54) is 0 Å². The van der Waals surface area contributed by atoms with Crippen molar-refractivity contribution in [2.24, 2.45) is 0 Å². The summed E-state index contributed by atoms with van der Waals surface area (Å²) in [6.45, 7) is 2.61. The minimum Gasteiger partial charge on any atom is -0.492 e. The Kier molecular flexibility index (Phi) is 4.98. The van der Waals surface area contributed by atoms with Gasteiger partial charge in [0.15, 0.2) is 0 Å². The van der Waals surface area contributed by atoms with Crippen LogP contribution in [-0.2, 0) is 4.74 Å². The zero-order valence-electron chi connectivity index (χ0n) is 8.53. The molecule has 0 radical (unpaired) electrons.